The van der Waals surface area contributed by atoms with Crippen molar-refractivity contribution in [3.63, 3.8) is 0 Å². The van der Waals surface area contributed by atoms with E-state index < -0.39 is 53.6 Å². The van der Waals surface area contributed by atoms with Crippen LogP contribution in [0, 0.1) is 0 Å². The molecule has 12 nitrogen and oxygen atoms in total. The zero-order valence-corrected chi connectivity index (χ0v) is 39.7. The Balaban J connectivity index is 0. The second-order valence-electron chi connectivity index (χ2n) is 16.7. The number of thioether (sulfide) groups is 1. The van der Waals surface area contributed by atoms with Crippen LogP contribution in [-0.4, -0.2) is 95.2 Å². The number of carbonyl (C=O) groups excluding carboxylic acids is 4. The smallest absolute Gasteiger partial charge is 0.475 e. The number of nitrogens with two attached hydrogens (primary N) is 1. The van der Waals surface area contributed by atoms with Crippen LogP contribution in [0.25, 0.3) is 0 Å². The second-order valence-corrected chi connectivity index (χ2v) is 18.4. The number of unbranched alkanes of at least 4 members (excludes halogenated alkanes) is 24. The molecule has 0 radical (unpaired) electrons. The minimum atomic E-state index is -5.08. The normalized spacial score (nSPS) is 13.0. The molecule has 0 saturated heterocycles. The molecule has 0 aliphatic carbocycles. The van der Waals surface area contributed by atoms with Gasteiger partial charge in [-0.25, -0.2) is 9.59 Å². The predicted octanol–water partition coefficient (Wildman–Crippen LogP) is 10.5. The first-order valence-electron chi connectivity index (χ1n) is 23.5. The number of hydrogen-bond donors (Lipinski definition) is 4. The van der Waals surface area contributed by atoms with Crippen molar-refractivity contribution in [3.8, 4) is 0 Å². The number of nitrogens with one attached hydrogen (secondary N) is 1. The first-order chi connectivity index (χ1) is 29.5. The standard InChI is InChI=1S/C44H84N2O8S.C2HF3O2/c1-6-8-10-12-14-16-18-20-22-24-26-28-30-32-39(48)53-35-37(36-55-44(3,4)41(45)42(50)46-38(34-47)43(51)52-5)54-40(49)33-31-29-27-25-23-21-19-17-15-13-11-9-7-2;3-2(4,5)1(6)7/h37-38,41,47H,6-36,45H2,1-5H3,(H,46,50);(H,6,7)/t37-,38+,41+;/m1./s1. The van der Waals surface area contributed by atoms with Gasteiger partial charge in [-0.2, -0.15) is 13.2 Å². The van der Waals surface area contributed by atoms with Gasteiger partial charge >= 0.3 is 30.1 Å². The fraction of sp³-hybridized carbons (Fsp3) is 0.891. The molecule has 0 saturated carbocycles. The Bertz CT molecular complexity index is 1160. The van der Waals surface area contributed by atoms with E-state index in [1.807, 2.05) is 0 Å². The molecule has 366 valence electrons. The van der Waals surface area contributed by atoms with E-state index in [4.69, 9.17) is 25.1 Å². The van der Waals surface area contributed by atoms with Crippen LogP contribution in [0.3, 0.4) is 0 Å². The fourth-order valence-corrected chi connectivity index (χ4v) is 7.56. The lowest BCUT2D eigenvalue weighted by Gasteiger charge is -2.32. The van der Waals surface area contributed by atoms with Gasteiger partial charge in [-0.05, 0) is 26.7 Å². The molecule has 0 heterocycles. The Morgan fingerprint density at radius 3 is 1.34 bits per heavy atom. The van der Waals surface area contributed by atoms with E-state index in [1.54, 1.807) is 13.8 Å². The van der Waals surface area contributed by atoms with Crippen molar-refractivity contribution in [2.45, 2.75) is 237 Å². The van der Waals surface area contributed by atoms with Crippen LogP contribution in [-0.2, 0) is 38.2 Å². The number of amides is 1. The van der Waals surface area contributed by atoms with Gasteiger partial charge in [0.15, 0.2) is 6.04 Å². The lowest BCUT2D eigenvalue weighted by atomic mass is 10.0. The van der Waals surface area contributed by atoms with Gasteiger partial charge in [-0.1, -0.05) is 168 Å². The molecule has 16 heteroatoms. The molecule has 0 fully saturated rings. The molecule has 0 spiro atoms. The summed E-state index contributed by atoms with van der Waals surface area (Å²) < 4.78 is 46.9. The monoisotopic (exact) mass is 915 g/mol. The SMILES string of the molecule is CCCCCCCCCCCCCCCC(=O)OC[C@H](CSC(C)(C)[C@@H](N)C(=O)N[C@@H](CO)C(=O)OC)OC(=O)CCCCCCCCCCCCCCC.O=C(O)C(F)(F)F. The maximum absolute atomic E-state index is 12.9. The average Bonchev–Trinajstić information content (AvgIpc) is 3.23. The highest BCUT2D eigenvalue weighted by Gasteiger charge is 2.38. The number of aliphatic hydroxyl groups excluding tert-OH is 1. The van der Waals surface area contributed by atoms with Crippen molar-refractivity contribution in [2.75, 3.05) is 26.1 Å². The van der Waals surface area contributed by atoms with Crippen molar-refractivity contribution in [2.24, 2.45) is 5.73 Å². The highest BCUT2D eigenvalue weighted by atomic mass is 32.2. The van der Waals surface area contributed by atoms with Crippen LogP contribution < -0.4 is 11.1 Å². The van der Waals surface area contributed by atoms with Gasteiger partial charge in [0.25, 0.3) is 0 Å². The summed E-state index contributed by atoms with van der Waals surface area (Å²) in [6.07, 6.45) is 26.7. The molecule has 0 aromatic heterocycles. The molecule has 0 aliphatic heterocycles. The number of carboxylic acid groups (broad SMARTS) is 1. The average molecular weight is 915 g/mol. The summed E-state index contributed by atoms with van der Waals surface area (Å²) in [5.74, 6) is -4.53. The molecule has 1 amide bonds. The van der Waals surface area contributed by atoms with Crippen molar-refractivity contribution >= 4 is 41.5 Å². The largest absolute Gasteiger partial charge is 0.490 e. The van der Waals surface area contributed by atoms with Crippen LogP contribution >= 0.6 is 11.8 Å². The van der Waals surface area contributed by atoms with E-state index in [9.17, 15) is 37.5 Å². The third-order valence-corrected chi connectivity index (χ3v) is 12.1. The number of rotatable bonds is 39. The lowest BCUT2D eigenvalue weighted by molar-refractivity contribution is -0.192. The molecule has 0 bridgehead atoms. The van der Waals surface area contributed by atoms with E-state index in [0.29, 0.717) is 12.8 Å². The molecule has 0 aliphatic rings. The third kappa shape index (κ3) is 36.8. The molecule has 3 atom stereocenters. The Morgan fingerprint density at radius 2 is 1.00 bits per heavy atom. The molecule has 0 rings (SSSR count). The summed E-state index contributed by atoms with van der Waals surface area (Å²) in [7, 11) is 1.17. The molecule has 0 unspecified atom stereocenters. The highest BCUT2D eigenvalue weighted by molar-refractivity contribution is 8.00. The topological polar surface area (TPSA) is 192 Å². The van der Waals surface area contributed by atoms with Gasteiger partial charge in [-0.3, -0.25) is 14.4 Å². The summed E-state index contributed by atoms with van der Waals surface area (Å²) >= 11 is 1.32. The Kier molecular flexibility index (Phi) is 39.6. The van der Waals surface area contributed by atoms with E-state index >= 15 is 0 Å². The maximum atomic E-state index is 12.9. The minimum Gasteiger partial charge on any atom is -0.475 e. The number of ether oxygens (including phenoxy) is 3. The van der Waals surface area contributed by atoms with E-state index in [0.717, 1.165) is 38.5 Å². The number of esters is 3. The lowest BCUT2D eigenvalue weighted by Crippen LogP contribution is -2.56. The number of aliphatic carboxylic acids is 1. The Labute approximate surface area is 375 Å². The van der Waals surface area contributed by atoms with Crippen molar-refractivity contribution in [3.05, 3.63) is 0 Å². The maximum Gasteiger partial charge on any atom is 0.490 e. The molecule has 62 heavy (non-hydrogen) atoms. The molecule has 5 N–H and O–H groups in total. The quantitative estimate of drug-likeness (QED) is 0.0260. The number of methoxy groups -OCH3 is 1. The first kappa shape index (κ1) is 61.5. The molecule has 0 aromatic rings. The number of hydrogen-bond acceptors (Lipinski definition) is 11. The number of carbonyl (C=O) groups is 5. The molecular formula is C46H85F3N2O10S. The van der Waals surface area contributed by atoms with Crippen molar-refractivity contribution in [1.82, 2.24) is 5.32 Å². The highest BCUT2D eigenvalue weighted by Crippen LogP contribution is 2.29. The zero-order chi connectivity index (χ0) is 47.1. The van der Waals surface area contributed by atoms with Crippen LogP contribution in [0.1, 0.15) is 207 Å². The summed E-state index contributed by atoms with van der Waals surface area (Å²) in [5, 5.41) is 19.1. The molecule has 0 aromatic carbocycles. The van der Waals surface area contributed by atoms with Crippen LogP contribution in [0.2, 0.25) is 0 Å². The van der Waals surface area contributed by atoms with Gasteiger partial charge in [-0.15, -0.1) is 11.8 Å². The van der Waals surface area contributed by atoms with E-state index in [2.05, 4.69) is 23.9 Å². The number of aliphatic hydroxyl groups is 1. The van der Waals surface area contributed by atoms with Crippen LogP contribution in [0.5, 0.6) is 0 Å². The summed E-state index contributed by atoms with van der Waals surface area (Å²) in [6, 6.07) is -2.28. The predicted molar refractivity (Wildman–Crippen MR) is 241 cm³/mol. The second kappa shape index (κ2) is 40.0. The van der Waals surface area contributed by atoms with Crippen molar-refractivity contribution in [1.29, 1.82) is 0 Å². The minimum absolute atomic E-state index is 0.0684. The van der Waals surface area contributed by atoms with Crippen molar-refractivity contribution < 1.29 is 61.6 Å². The summed E-state index contributed by atoms with van der Waals surface area (Å²) in [5.41, 5.74) is 6.29. The van der Waals surface area contributed by atoms with Gasteiger partial charge in [0.1, 0.15) is 12.7 Å². The van der Waals surface area contributed by atoms with Gasteiger partial charge in [0.2, 0.25) is 5.91 Å². The summed E-state index contributed by atoms with van der Waals surface area (Å²) in [4.78, 5) is 59.2. The number of alkyl halides is 3. The van der Waals surface area contributed by atoms with E-state index in [1.165, 1.54) is 147 Å². The van der Waals surface area contributed by atoms with E-state index in [-0.39, 0.29) is 24.3 Å². The van der Waals surface area contributed by atoms with Gasteiger partial charge in [0.05, 0.1) is 19.8 Å². The summed E-state index contributed by atoms with van der Waals surface area (Å²) in [6.45, 7) is 7.36. The van der Waals surface area contributed by atoms with Gasteiger partial charge < -0.3 is 35.5 Å². The number of halogens is 3. The Morgan fingerprint density at radius 1 is 0.645 bits per heavy atom. The van der Waals surface area contributed by atoms with Gasteiger partial charge in [0, 0.05) is 23.3 Å². The van der Waals surface area contributed by atoms with Crippen LogP contribution in [0.4, 0.5) is 13.2 Å². The zero-order valence-electron chi connectivity index (χ0n) is 38.9. The van der Waals surface area contributed by atoms with Crippen LogP contribution in [0.15, 0.2) is 0 Å². The Hall–Kier alpha value is -2.59. The first-order valence-corrected chi connectivity index (χ1v) is 24.5. The molecular weight excluding hydrogens is 830 g/mol. The third-order valence-electron chi connectivity index (χ3n) is 10.6. The fourth-order valence-electron chi connectivity index (χ4n) is 6.49. The number of carboxylic acids is 1.